The number of halogens is 2. The Morgan fingerprint density at radius 1 is 1.70 bits per heavy atom. The van der Waals surface area contributed by atoms with Crippen molar-refractivity contribution >= 4 is 23.3 Å². The Morgan fingerprint density at radius 3 is 3.20 bits per heavy atom. The van der Waals surface area contributed by atoms with E-state index in [1.54, 1.807) is 6.07 Å². The van der Waals surface area contributed by atoms with E-state index in [0.717, 1.165) is 5.69 Å². The van der Waals surface area contributed by atoms with Gasteiger partial charge in [-0.15, -0.1) is 0 Å². The molecule has 0 saturated carbocycles. The maximum atomic E-state index is 13.6. The summed E-state index contributed by atoms with van der Waals surface area (Å²) < 4.78 is 19.0. The van der Waals surface area contributed by atoms with E-state index in [9.17, 15) is 14.3 Å². The lowest BCUT2D eigenvalue weighted by Crippen LogP contribution is -2.62. The summed E-state index contributed by atoms with van der Waals surface area (Å²) in [6.45, 7) is 0.234. The molecule has 1 aromatic heterocycles. The van der Waals surface area contributed by atoms with Crippen molar-refractivity contribution in [3.8, 4) is 0 Å². The number of carboxylic acids is 1. The second kappa shape index (κ2) is 4.86. The normalized spacial score (nSPS) is 28.7. The third-order valence-electron chi connectivity index (χ3n) is 4.14. The summed E-state index contributed by atoms with van der Waals surface area (Å²) in [4.78, 5) is 17.7. The highest BCUT2D eigenvalue weighted by atomic mass is 35.5. The maximum Gasteiger partial charge on any atom is 0.314 e. The van der Waals surface area contributed by atoms with Crippen molar-refractivity contribution in [3.63, 3.8) is 0 Å². The van der Waals surface area contributed by atoms with Crippen molar-refractivity contribution in [1.82, 2.24) is 4.98 Å². The Bertz CT molecular complexity index is 556. The van der Waals surface area contributed by atoms with Gasteiger partial charge in [-0.2, -0.15) is 0 Å². The smallest absolute Gasteiger partial charge is 0.314 e. The minimum atomic E-state index is -1.51. The molecule has 108 valence electrons. The fraction of sp³-hybridized carbons (Fsp3) is 0.538. The first-order chi connectivity index (χ1) is 9.58. The van der Waals surface area contributed by atoms with Gasteiger partial charge in [0.2, 0.25) is 0 Å². The maximum absolute atomic E-state index is 13.6. The van der Waals surface area contributed by atoms with Gasteiger partial charge in [-0.1, -0.05) is 11.6 Å². The second-order valence-corrected chi connectivity index (χ2v) is 5.61. The zero-order valence-corrected chi connectivity index (χ0v) is 11.4. The Balaban J connectivity index is 2.14. The van der Waals surface area contributed by atoms with Crippen molar-refractivity contribution in [1.29, 1.82) is 0 Å². The minimum Gasteiger partial charge on any atom is -0.481 e. The summed E-state index contributed by atoms with van der Waals surface area (Å²) in [5.74, 6) is -1.15. The molecule has 1 saturated heterocycles. The topological polar surface area (TPSA) is 62.7 Å². The van der Waals surface area contributed by atoms with Crippen LogP contribution < -0.4 is 4.90 Å². The van der Waals surface area contributed by atoms with Crippen LogP contribution in [0.2, 0.25) is 5.02 Å². The summed E-state index contributed by atoms with van der Waals surface area (Å²) in [7, 11) is 0. The SMILES string of the molecule is O=C(O)C1(CF)Cc2ncc(Cl)cc2N2CCOCC21. The number of fused-ring (bicyclic) bond motifs is 3. The largest absolute Gasteiger partial charge is 0.481 e. The molecule has 0 bridgehead atoms. The molecular formula is C13H14ClFN2O3. The van der Waals surface area contributed by atoms with E-state index in [4.69, 9.17) is 16.3 Å². The van der Waals surface area contributed by atoms with E-state index in [2.05, 4.69) is 4.98 Å². The van der Waals surface area contributed by atoms with Gasteiger partial charge in [0.05, 0.1) is 35.7 Å². The molecule has 3 rings (SSSR count). The molecule has 2 aliphatic rings. The summed E-state index contributed by atoms with van der Waals surface area (Å²) in [5.41, 5.74) is -0.141. The zero-order chi connectivity index (χ0) is 14.3. The highest BCUT2D eigenvalue weighted by Crippen LogP contribution is 2.43. The fourth-order valence-corrected chi connectivity index (χ4v) is 3.17. The van der Waals surface area contributed by atoms with Crippen LogP contribution in [0, 0.1) is 5.41 Å². The second-order valence-electron chi connectivity index (χ2n) is 5.18. The van der Waals surface area contributed by atoms with Gasteiger partial charge in [0.15, 0.2) is 0 Å². The molecule has 5 nitrogen and oxygen atoms in total. The fourth-order valence-electron chi connectivity index (χ4n) is 3.02. The van der Waals surface area contributed by atoms with Gasteiger partial charge in [0.1, 0.15) is 12.1 Å². The van der Waals surface area contributed by atoms with Gasteiger partial charge in [-0.05, 0) is 6.07 Å². The molecule has 0 spiro atoms. The van der Waals surface area contributed by atoms with E-state index in [1.807, 2.05) is 4.90 Å². The van der Waals surface area contributed by atoms with E-state index in [0.29, 0.717) is 23.9 Å². The molecule has 1 fully saturated rings. The number of pyridine rings is 1. The van der Waals surface area contributed by atoms with Crippen LogP contribution in [0.1, 0.15) is 5.69 Å². The van der Waals surface area contributed by atoms with E-state index >= 15 is 0 Å². The van der Waals surface area contributed by atoms with Crippen LogP contribution in [-0.2, 0) is 16.0 Å². The molecule has 2 atom stereocenters. The quantitative estimate of drug-likeness (QED) is 0.897. The average molecular weight is 301 g/mol. The predicted molar refractivity (Wildman–Crippen MR) is 70.9 cm³/mol. The van der Waals surface area contributed by atoms with Crippen LogP contribution >= 0.6 is 11.6 Å². The molecule has 3 heterocycles. The standard InChI is InChI=1S/C13H14ClFN2O3/c14-8-3-10-9(16-5-8)4-13(7-15,12(18)19)11-6-20-2-1-17(10)11/h3,5,11H,1-2,4,6-7H2,(H,18,19). The Labute approximate surface area is 120 Å². The Hall–Kier alpha value is -1.40. The van der Waals surface area contributed by atoms with Crippen LogP contribution in [-0.4, -0.2) is 48.5 Å². The number of aliphatic carboxylic acids is 1. The molecule has 0 amide bonds. The number of hydrogen-bond acceptors (Lipinski definition) is 4. The number of rotatable bonds is 2. The van der Waals surface area contributed by atoms with Gasteiger partial charge < -0.3 is 14.7 Å². The van der Waals surface area contributed by atoms with Gasteiger partial charge in [0, 0.05) is 19.2 Å². The van der Waals surface area contributed by atoms with Crippen LogP contribution in [0.5, 0.6) is 0 Å². The lowest BCUT2D eigenvalue weighted by Gasteiger charge is -2.49. The third kappa shape index (κ3) is 1.86. The van der Waals surface area contributed by atoms with Crippen LogP contribution in [0.4, 0.5) is 10.1 Å². The van der Waals surface area contributed by atoms with Crippen molar-refractivity contribution in [2.45, 2.75) is 12.5 Å². The number of ether oxygens (including phenoxy) is 1. The van der Waals surface area contributed by atoms with Gasteiger partial charge in [0.25, 0.3) is 0 Å². The molecule has 7 heteroatoms. The molecule has 2 unspecified atom stereocenters. The number of aromatic nitrogens is 1. The molecule has 2 aliphatic heterocycles. The highest BCUT2D eigenvalue weighted by Gasteiger charge is 2.54. The molecule has 1 N–H and O–H groups in total. The molecule has 0 aromatic carbocycles. The third-order valence-corrected chi connectivity index (χ3v) is 4.34. The van der Waals surface area contributed by atoms with Gasteiger partial charge in [-0.25, -0.2) is 4.39 Å². The Kier molecular flexibility index (Phi) is 3.30. The summed E-state index contributed by atoms with van der Waals surface area (Å²) in [6, 6.07) is 1.22. The van der Waals surface area contributed by atoms with Crippen LogP contribution in [0.3, 0.4) is 0 Å². The van der Waals surface area contributed by atoms with Crippen molar-refractivity contribution in [3.05, 3.63) is 23.0 Å². The Morgan fingerprint density at radius 2 is 2.50 bits per heavy atom. The first-order valence-electron chi connectivity index (χ1n) is 6.36. The lowest BCUT2D eigenvalue weighted by molar-refractivity contribution is -0.154. The average Bonchev–Trinajstić information content (AvgIpc) is 2.46. The molecule has 20 heavy (non-hydrogen) atoms. The number of morpholine rings is 1. The first-order valence-corrected chi connectivity index (χ1v) is 6.74. The van der Waals surface area contributed by atoms with Crippen molar-refractivity contribution < 1.29 is 19.0 Å². The van der Waals surface area contributed by atoms with E-state index in [1.165, 1.54) is 6.20 Å². The lowest BCUT2D eigenvalue weighted by atomic mass is 9.73. The number of anilines is 1. The van der Waals surface area contributed by atoms with Crippen molar-refractivity contribution in [2.75, 3.05) is 31.3 Å². The molecule has 0 aliphatic carbocycles. The summed E-state index contributed by atoms with van der Waals surface area (Å²) in [5, 5.41) is 10.0. The van der Waals surface area contributed by atoms with E-state index < -0.39 is 24.1 Å². The number of carbonyl (C=O) groups is 1. The number of alkyl halides is 1. The zero-order valence-electron chi connectivity index (χ0n) is 10.7. The molecule has 1 aromatic rings. The number of carboxylic acid groups (broad SMARTS) is 1. The highest BCUT2D eigenvalue weighted by molar-refractivity contribution is 6.30. The summed E-state index contributed by atoms with van der Waals surface area (Å²) >= 11 is 5.96. The minimum absolute atomic E-state index is 0.0515. The number of hydrogen-bond donors (Lipinski definition) is 1. The van der Waals surface area contributed by atoms with E-state index in [-0.39, 0.29) is 13.0 Å². The predicted octanol–water partition coefficient (Wildman–Crippen LogP) is 1.54. The van der Waals surface area contributed by atoms with Crippen LogP contribution in [0.25, 0.3) is 0 Å². The van der Waals surface area contributed by atoms with Gasteiger partial charge in [-0.3, -0.25) is 9.78 Å². The number of nitrogens with zero attached hydrogens (tertiary/aromatic N) is 2. The van der Waals surface area contributed by atoms with Crippen LogP contribution in [0.15, 0.2) is 12.3 Å². The first kappa shape index (κ1) is 13.6. The molecular weight excluding hydrogens is 287 g/mol. The van der Waals surface area contributed by atoms with Gasteiger partial charge >= 0.3 is 5.97 Å². The monoisotopic (exact) mass is 300 g/mol. The molecule has 0 radical (unpaired) electrons. The van der Waals surface area contributed by atoms with Crippen molar-refractivity contribution in [2.24, 2.45) is 5.41 Å². The summed E-state index contributed by atoms with van der Waals surface area (Å²) in [6.07, 6.45) is 1.52.